The topological polar surface area (TPSA) is 99.9 Å². The second-order valence-corrected chi connectivity index (χ2v) is 10.7. The van der Waals surface area contributed by atoms with E-state index in [1.165, 1.54) is 61.2 Å². The fourth-order valence-electron chi connectivity index (χ4n) is 5.91. The van der Waals surface area contributed by atoms with E-state index in [4.69, 9.17) is 4.99 Å². The summed E-state index contributed by atoms with van der Waals surface area (Å²) in [6.45, 7) is 5.16. The molecule has 3 aliphatic heterocycles. The van der Waals surface area contributed by atoms with Gasteiger partial charge in [-0.1, -0.05) is 36.8 Å². The van der Waals surface area contributed by atoms with Gasteiger partial charge in [0.25, 0.3) is 5.69 Å². The molecule has 8 heteroatoms. The number of carbonyl (C=O) groups excluding carboxylic acids is 1. The summed E-state index contributed by atoms with van der Waals surface area (Å²) in [5, 5.41) is 17.8. The summed E-state index contributed by atoms with van der Waals surface area (Å²) in [6, 6.07) is 19.0. The zero-order valence-corrected chi connectivity index (χ0v) is 22.0. The number of nitro groups is 1. The number of nitrogens with zero attached hydrogens (tertiary/aromatic N) is 3. The Morgan fingerprint density at radius 1 is 1.00 bits per heavy atom. The molecule has 1 saturated heterocycles. The zero-order valence-electron chi connectivity index (χ0n) is 22.0. The maximum atomic E-state index is 13.3. The number of likely N-dealkylation sites (tertiary alicyclic amines) is 1. The lowest BCUT2D eigenvalue weighted by Crippen LogP contribution is -2.31. The molecule has 1 atom stereocenters. The molecule has 2 N–H and O–H groups in total. The molecule has 0 bridgehead atoms. The van der Waals surface area contributed by atoms with Crippen molar-refractivity contribution in [1.82, 2.24) is 10.2 Å². The summed E-state index contributed by atoms with van der Waals surface area (Å²) in [5.74, 6) is -0.961. The minimum absolute atomic E-state index is 0.0380. The average Bonchev–Trinajstić information content (AvgIpc) is 3.30. The minimum Gasteiger partial charge on any atom is -0.325 e. The highest BCUT2D eigenvalue weighted by Crippen LogP contribution is 2.38. The first-order valence-electron chi connectivity index (χ1n) is 13.9. The van der Waals surface area contributed by atoms with Crippen LogP contribution >= 0.6 is 0 Å². The predicted octanol–water partition coefficient (Wildman–Crippen LogP) is 5.13. The lowest BCUT2D eigenvalue weighted by molar-refractivity contribution is -0.384. The van der Waals surface area contributed by atoms with Gasteiger partial charge in [0.2, 0.25) is 5.91 Å². The number of benzene rings is 3. The number of fused-ring (bicyclic) bond motifs is 2. The van der Waals surface area contributed by atoms with Crippen LogP contribution in [-0.4, -0.2) is 47.6 Å². The number of non-ortho nitro benzene ring substituents is 1. The van der Waals surface area contributed by atoms with E-state index in [0.29, 0.717) is 17.0 Å². The number of nitro benzene ring substituents is 1. The molecular weight excluding hydrogens is 490 g/mol. The van der Waals surface area contributed by atoms with Crippen LogP contribution < -0.4 is 10.6 Å². The third kappa shape index (κ3) is 5.48. The fourth-order valence-corrected chi connectivity index (χ4v) is 5.91. The number of piperidine rings is 1. The summed E-state index contributed by atoms with van der Waals surface area (Å²) in [5.41, 5.74) is 7.14. The van der Waals surface area contributed by atoms with Gasteiger partial charge in [0.05, 0.1) is 16.3 Å². The Kier molecular flexibility index (Phi) is 7.22. The molecule has 0 radical (unpaired) electrons. The first-order chi connectivity index (χ1) is 19.0. The van der Waals surface area contributed by atoms with E-state index in [2.05, 4.69) is 39.8 Å². The summed E-state index contributed by atoms with van der Waals surface area (Å²) < 4.78 is 0. The van der Waals surface area contributed by atoms with Crippen LogP contribution in [0.25, 0.3) is 0 Å². The normalized spacial score (nSPS) is 19.3. The monoisotopic (exact) mass is 523 g/mol. The van der Waals surface area contributed by atoms with Gasteiger partial charge in [-0.05, 0) is 85.8 Å². The van der Waals surface area contributed by atoms with E-state index in [-0.39, 0.29) is 11.6 Å². The molecule has 3 aromatic rings. The van der Waals surface area contributed by atoms with Crippen LogP contribution in [0.3, 0.4) is 0 Å². The molecule has 0 aromatic heterocycles. The van der Waals surface area contributed by atoms with Crippen LogP contribution in [0.4, 0.5) is 17.1 Å². The van der Waals surface area contributed by atoms with Gasteiger partial charge in [0.1, 0.15) is 5.92 Å². The second-order valence-electron chi connectivity index (χ2n) is 10.7. The Morgan fingerprint density at radius 3 is 2.62 bits per heavy atom. The van der Waals surface area contributed by atoms with Crippen molar-refractivity contribution in [2.45, 2.75) is 44.6 Å². The Labute approximate surface area is 228 Å². The van der Waals surface area contributed by atoms with Crippen LogP contribution in [-0.2, 0) is 24.2 Å². The maximum absolute atomic E-state index is 13.3. The SMILES string of the molecule is O=C1Nc2ccc([N+](=O)[O-])cc2C1C(=Nc1ccc2c(c1)CCNC2)c1ccc(CCN2CCCCC2)cc1. The van der Waals surface area contributed by atoms with Gasteiger partial charge in [0.15, 0.2) is 0 Å². The lowest BCUT2D eigenvalue weighted by atomic mass is 9.89. The summed E-state index contributed by atoms with van der Waals surface area (Å²) in [7, 11) is 0. The van der Waals surface area contributed by atoms with Gasteiger partial charge < -0.3 is 15.5 Å². The van der Waals surface area contributed by atoms with E-state index in [0.717, 1.165) is 43.7 Å². The van der Waals surface area contributed by atoms with E-state index in [1.807, 2.05) is 18.2 Å². The molecule has 0 saturated carbocycles. The molecule has 1 amide bonds. The average molecular weight is 524 g/mol. The van der Waals surface area contributed by atoms with E-state index < -0.39 is 10.8 Å². The lowest BCUT2D eigenvalue weighted by Gasteiger charge is -2.26. The van der Waals surface area contributed by atoms with Crippen LogP contribution in [0.2, 0.25) is 0 Å². The molecule has 39 heavy (non-hydrogen) atoms. The molecule has 1 fully saturated rings. The van der Waals surface area contributed by atoms with Crippen molar-refractivity contribution < 1.29 is 9.72 Å². The van der Waals surface area contributed by atoms with Crippen LogP contribution in [0.15, 0.2) is 65.7 Å². The van der Waals surface area contributed by atoms with Crippen LogP contribution in [0, 0.1) is 10.1 Å². The van der Waals surface area contributed by atoms with Crippen molar-refractivity contribution >= 4 is 28.7 Å². The minimum atomic E-state index is -0.739. The van der Waals surface area contributed by atoms with E-state index in [1.54, 1.807) is 6.07 Å². The molecule has 1 unspecified atom stereocenters. The molecule has 200 valence electrons. The number of amides is 1. The first-order valence-corrected chi connectivity index (χ1v) is 13.9. The number of aliphatic imine (C=N–C) groups is 1. The van der Waals surface area contributed by atoms with Crippen molar-refractivity contribution in [2.75, 3.05) is 31.5 Å². The Hall–Kier alpha value is -3.88. The molecule has 8 nitrogen and oxygen atoms in total. The van der Waals surface area contributed by atoms with Crippen molar-refractivity contribution in [1.29, 1.82) is 0 Å². The summed E-state index contributed by atoms with van der Waals surface area (Å²) in [6.07, 6.45) is 5.79. The highest BCUT2D eigenvalue weighted by atomic mass is 16.6. The number of nitrogens with one attached hydrogen (secondary N) is 2. The Balaban J connectivity index is 1.36. The van der Waals surface area contributed by atoms with Crippen LogP contribution in [0.5, 0.6) is 0 Å². The number of hydrogen-bond acceptors (Lipinski definition) is 6. The van der Waals surface area contributed by atoms with E-state index in [9.17, 15) is 14.9 Å². The van der Waals surface area contributed by atoms with Gasteiger partial charge >= 0.3 is 0 Å². The molecular formula is C31H33N5O3. The number of hydrogen-bond donors (Lipinski definition) is 2. The molecule has 3 aromatic carbocycles. The van der Waals surface area contributed by atoms with Crippen molar-refractivity contribution in [3.8, 4) is 0 Å². The predicted molar refractivity (Wildman–Crippen MR) is 153 cm³/mol. The van der Waals surface area contributed by atoms with Gasteiger partial charge in [-0.15, -0.1) is 0 Å². The van der Waals surface area contributed by atoms with Crippen molar-refractivity contribution in [3.05, 3.63) is 98.6 Å². The highest BCUT2D eigenvalue weighted by Gasteiger charge is 2.36. The quantitative estimate of drug-likeness (QED) is 0.254. The first kappa shape index (κ1) is 25.4. The van der Waals surface area contributed by atoms with Crippen molar-refractivity contribution in [3.63, 3.8) is 0 Å². The zero-order chi connectivity index (χ0) is 26.8. The molecule has 0 aliphatic carbocycles. The fraction of sp³-hybridized carbons (Fsp3) is 0.355. The van der Waals surface area contributed by atoms with Gasteiger partial charge in [-0.25, -0.2) is 0 Å². The molecule has 3 heterocycles. The molecule has 6 rings (SSSR count). The molecule has 3 aliphatic rings. The third-order valence-electron chi connectivity index (χ3n) is 8.09. The summed E-state index contributed by atoms with van der Waals surface area (Å²) in [4.78, 5) is 32.0. The van der Waals surface area contributed by atoms with Gasteiger partial charge in [0, 0.05) is 36.5 Å². The number of anilines is 1. The smallest absolute Gasteiger partial charge is 0.269 e. The van der Waals surface area contributed by atoms with Crippen molar-refractivity contribution in [2.24, 2.45) is 4.99 Å². The standard InChI is InChI=1S/C31H33N5O3/c37-31-29(27-19-26(36(38)39)10-11-28(27)34-31)30(33-25-9-8-24-20-32-14-12-23(24)18-25)22-6-4-21(5-7-22)13-17-35-15-2-1-3-16-35/h4-11,18-19,29,32H,1-3,12-17,20H2,(H,34,37). The summed E-state index contributed by atoms with van der Waals surface area (Å²) >= 11 is 0. The third-order valence-corrected chi connectivity index (χ3v) is 8.09. The Bertz CT molecular complexity index is 1430. The van der Waals surface area contributed by atoms with Gasteiger partial charge in [-0.3, -0.25) is 19.9 Å². The van der Waals surface area contributed by atoms with E-state index >= 15 is 0 Å². The number of carbonyl (C=O) groups is 1. The second kappa shape index (κ2) is 11.1. The molecule has 0 spiro atoms. The highest BCUT2D eigenvalue weighted by molar-refractivity contribution is 6.24. The van der Waals surface area contributed by atoms with Gasteiger partial charge in [-0.2, -0.15) is 0 Å². The Morgan fingerprint density at radius 2 is 1.82 bits per heavy atom. The maximum Gasteiger partial charge on any atom is 0.269 e. The largest absolute Gasteiger partial charge is 0.325 e. The number of rotatable bonds is 7. The van der Waals surface area contributed by atoms with Crippen LogP contribution in [0.1, 0.15) is 53.0 Å².